The van der Waals surface area contributed by atoms with E-state index in [9.17, 15) is 4.79 Å². The molecule has 1 aromatic heterocycles. The predicted molar refractivity (Wildman–Crippen MR) is 61.7 cm³/mol. The fourth-order valence-electron chi connectivity index (χ4n) is 1.66. The lowest BCUT2D eigenvalue weighted by atomic mass is 10.2. The SMILES string of the molecule is CNC(=O)CCn1c(C)c(C)c(C#N)c1N. The van der Waals surface area contributed by atoms with E-state index in [4.69, 9.17) is 11.0 Å². The van der Waals surface area contributed by atoms with Crippen LogP contribution in [0.25, 0.3) is 0 Å². The van der Waals surface area contributed by atoms with E-state index in [0.717, 1.165) is 11.3 Å². The summed E-state index contributed by atoms with van der Waals surface area (Å²) in [4.78, 5) is 11.1. The van der Waals surface area contributed by atoms with Crippen molar-refractivity contribution in [3.05, 3.63) is 16.8 Å². The Labute approximate surface area is 94.8 Å². The second kappa shape index (κ2) is 4.71. The fourth-order valence-corrected chi connectivity index (χ4v) is 1.66. The van der Waals surface area contributed by atoms with Crippen LogP contribution in [0.2, 0.25) is 0 Å². The van der Waals surface area contributed by atoms with Crippen LogP contribution in [0.1, 0.15) is 23.2 Å². The number of hydrogen-bond acceptors (Lipinski definition) is 3. The van der Waals surface area contributed by atoms with E-state index < -0.39 is 0 Å². The topological polar surface area (TPSA) is 83.8 Å². The fraction of sp³-hybridized carbons (Fsp3) is 0.455. The first-order valence-electron chi connectivity index (χ1n) is 5.08. The molecule has 1 aromatic rings. The van der Waals surface area contributed by atoms with Crippen molar-refractivity contribution < 1.29 is 4.79 Å². The van der Waals surface area contributed by atoms with Crippen LogP contribution in [0.5, 0.6) is 0 Å². The van der Waals surface area contributed by atoms with Gasteiger partial charge in [0.05, 0.1) is 5.56 Å². The predicted octanol–water partition coefficient (Wildman–Crippen LogP) is 0.695. The van der Waals surface area contributed by atoms with Crippen molar-refractivity contribution in [1.82, 2.24) is 9.88 Å². The van der Waals surface area contributed by atoms with Crippen LogP contribution < -0.4 is 11.1 Å². The standard InChI is InChI=1S/C11H16N4O/c1-7-8(2)15(5-4-10(16)14-3)11(13)9(7)6-12/h4-5,13H2,1-3H3,(H,14,16). The van der Waals surface area contributed by atoms with Gasteiger partial charge in [-0.3, -0.25) is 4.79 Å². The summed E-state index contributed by atoms with van der Waals surface area (Å²) in [6.45, 7) is 4.26. The normalized spacial score (nSPS) is 9.88. The summed E-state index contributed by atoms with van der Waals surface area (Å²) in [6.07, 6.45) is 0.362. The van der Waals surface area contributed by atoms with E-state index in [0.29, 0.717) is 24.3 Å². The number of nitrogens with one attached hydrogen (secondary N) is 1. The van der Waals surface area contributed by atoms with Crippen molar-refractivity contribution in [1.29, 1.82) is 5.26 Å². The zero-order chi connectivity index (χ0) is 12.3. The minimum absolute atomic E-state index is 0.0383. The van der Waals surface area contributed by atoms with Gasteiger partial charge in [0.15, 0.2) is 0 Å². The molecule has 0 saturated carbocycles. The van der Waals surface area contributed by atoms with Crippen molar-refractivity contribution in [3.63, 3.8) is 0 Å². The van der Waals surface area contributed by atoms with Crippen molar-refractivity contribution in [2.75, 3.05) is 12.8 Å². The highest BCUT2D eigenvalue weighted by atomic mass is 16.1. The first-order chi connectivity index (χ1) is 7.52. The smallest absolute Gasteiger partial charge is 0.221 e. The first-order valence-corrected chi connectivity index (χ1v) is 5.08. The Kier molecular flexibility index (Phi) is 3.56. The maximum atomic E-state index is 11.1. The molecule has 5 nitrogen and oxygen atoms in total. The Morgan fingerprint density at radius 1 is 1.56 bits per heavy atom. The van der Waals surface area contributed by atoms with E-state index in [1.165, 1.54) is 0 Å². The largest absolute Gasteiger partial charge is 0.384 e. The lowest BCUT2D eigenvalue weighted by molar-refractivity contribution is -0.120. The molecule has 0 spiro atoms. The molecule has 1 heterocycles. The van der Waals surface area contributed by atoms with Gasteiger partial charge in [-0.25, -0.2) is 0 Å². The van der Waals surface area contributed by atoms with Gasteiger partial charge >= 0.3 is 0 Å². The van der Waals surface area contributed by atoms with Gasteiger partial charge in [-0.05, 0) is 19.4 Å². The monoisotopic (exact) mass is 220 g/mol. The molecular formula is C11H16N4O. The van der Waals surface area contributed by atoms with E-state index in [1.54, 1.807) is 7.05 Å². The average Bonchev–Trinajstić information content (AvgIpc) is 2.48. The number of nitrogen functional groups attached to an aromatic ring is 1. The number of aromatic nitrogens is 1. The number of nitrogens with zero attached hydrogens (tertiary/aromatic N) is 2. The highest BCUT2D eigenvalue weighted by Gasteiger charge is 2.15. The lowest BCUT2D eigenvalue weighted by Crippen LogP contribution is -2.20. The van der Waals surface area contributed by atoms with Gasteiger partial charge in [0, 0.05) is 25.7 Å². The average molecular weight is 220 g/mol. The third-order valence-corrected chi connectivity index (χ3v) is 2.82. The molecular weight excluding hydrogens is 204 g/mol. The minimum atomic E-state index is -0.0383. The third kappa shape index (κ3) is 2.01. The van der Waals surface area contributed by atoms with E-state index in [-0.39, 0.29) is 5.91 Å². The Balaban J connectivity index is 2.98. The zero-order valence-electron chi connectivity index (χ0n) is 9.79. The summed E-state index contributed by atoms with van der Waals surface area (Å²) in [5.41, 5.74) is 8.19. The van der Waals surface area contributed by atoms with Gasteiger partial charge in [0.1, 0.15) is 11.9 Å². The van der Waals surface area contributed by atoms with Gasteiger partial charge in [-0.1, -0.05) is 0 Å². The number of hydrogen-bond donors (Lipinski definition) is 2. The Morgan fingerprint density at radius 2 is 2.19 bits per heavy atom. The zero-order valence-corrected chi connectivity index (χ0v) is 9.79. The number of nitrogens with two attached hydrogens (primary N) is 1. The minimum Gasteiger partial charge on any atom is -0.384 e. The van der Waals surface area contributed by atoms with Crippen LogP contribution in [0.15, 0.2) is 0 Å². The van der Waals surface area contributed by atoms with Crippen LogP contribution in [0.4, 0.5) is 5.82 Å². The van der Waals surface area contributed by atoms with Gasteiger partial charge in [-0.2, -0.15) is 5.26 Å². The van der Waals surface area contributed by atoms with Crippen molar-refractivity contribution >= 4 is 11.7 Å². The molecule has 0 radical (unpaired) electrons. The van der Waals surface area contributed by atoms with Crippen molar-refractivity contribution in [2.24, 2.45) is 0 Å². The Bertz CT molecular complexity index is 454. The number of carbonyl (C=O) groups is 1. The summed E-state index contributed by atoms with van der Waals surface area (Å²) >= 11 is 0. The van der Waals surface area contributed by atoms with E-state index in [2.05, 4.69) is 11.4 Å². The molecule has 0 fully saturated rings. The number of amides is 1. The molecule has 3 N–H and O–H groups in total. The van der Waals surface area contributed by atoms with Crippen LogP contribution in [0.3, 0.4) is 0 Å². The molecule has 0 unspecified atom stereocenters. The molecule has 0 atom stereocenters. The molecule has 16 heavy (non-hydrogen) atoms. The highest BCUT2D eigenvalue weighted by molar-refractivity contribution is 5.75. The highest BCUT2D eigenvalue weighted by Crippen LogP contribution is 2.23. The number of nitriles is 1. The maximum Gasteiger partial charge on any atom is 0.221 e. The molecule has 1 amide bonds. The number of anilines is 1. The third-order valence-electron chi connectivity index (χ3n) is 2.82. The number of rotatable bonds is 3. The van der Waals surface area contributed by atoms with Crippen LogP contribution in [-0.4, -0.2) is 17.5 Å². The molecule has 86 valence electrons. The molecule has 0 aromatic carbocycles. The molecule has 5 heteroatoms. The van der Waals surface area contributed by atoms with Crippen LogP contribution in [0, 0.1) is 25.2 Å². The molecule has 0 aliphatic heterocycles. The molecule has 1 rings (SSSR count). The Morgan fingerprint density at radius 3 is 2.62 bits per heavy atom. The summed E-state index contributed by atoms with van der Waals surface area (Å²) < 4.78 is 1.81. The van der Waals surface area contributed by atoms with E-state index >= 15 is 0 Å². The summed E-state index contributed by atoms with van der Waals surface area (Å²) in [6, 6.07) is 2.08. The molecule has 0 bridgehead atoms. The second-order valence-electron chi connectivity index (χ2n) is 3.66. The van der Waals surface area contributed by atoms with E-state index in [1.807, 2.05) is 18.4 Å². The Hall–Kier alpha value is -1.96. The van der Waals surface area contributed by atoms with Gasteiger partial charge in [0.2, 0.25) is 5.91 Å². The molecule has 0 saturated heterocycles. The van der Waals surface area contributed by atoms with Gasteiger partial charge < -0.3 is 15.6 Å². The van der Waals surface area contributed by atoms with Crippen molar-refractivity contribution in [3.8, 4) is 6.07 Å². The summed E-state index contributed by atoms with van der Waals surface area (Å²) in [5, 5.41) is 11.5. The maximum absolute atomic E-state index is 11.1. The van der Waals surface area contributed by atoms with Crippen molar-refractivity contribution in [2.45, 2.75) is 26.8 Å². The van der Waals surface area contributed by atoms with Crippen LogP contribution >= 0.6 is 0 Å². The van der Waals surface area contributed by atoms with Crippen LogP contribution in [-0.2, 0) is 11.3 Å². The van der Waals surface area contributed by atoms with Gasteiger partial charge in [-0.15, -0.1) is 0 Å². The quantitative estimate of drug-likeness (QED) is 0.786. The first kappa shape index (κ1) is 12.1. The number of carbonyl (C=O) groups excluding carboxylic acids is 1. The second-order valence-corrected chi connectivity index (χ2v) is 3.66. The van der Waals surface area contributed by atoms with Gasteiger partial charge in [0.25, 0.3) is 0 Å². The summed E-state index contributed by atoms with van der Waals surface area (Å²) in [7, 11) is 1.60. The lowest BCUT2D eigenvalue weighted by Gasteiger charge is -2.08. The summed E-state index contributed by atoms with van der Waals surface area (Å²) in [5.74, 6) is 0.407. The molecule has 0 aliphatic carbocycles. The molecule has 0 aliphatic rings.